The molecule has 0 saturated carbocycles. The molecule has 3 rings (SSSR count). The Morgan fingerprint density at radius 3 is 2.54 bits per heavy atom. The number of rotatable bonds is 6. The van der Waals surface area contributed by atoms with E-state index in [2.05, 4.69) is 53.6 Å². The third-order valence-corrected chi connectivity index (χ3v) is 5.40. The SMILES string of the molecule is CCOc1ccc2c(c1)c(CCCN1CCN(C)CC1)c(C)n2C. The summed E-state index contributed by atoms with van der Waals surface area (Å²) < 4.78 is 8.02. The van der Waals surface area contributed by atoms with E-state index in [0.29, 0.717) is 0 Å². The minimum atomic E-state index is 0.718. The van der Waals surface area contributed by atoms with Crippen LogP contribution in [-0.2, 0) is 13.5 Å². The highest BCUT2D eigenvalue weighted by Gasteiger charge is 2.15. The average Bonchev–Trinajstić information content (AvgIpc) is 2.81. The summed E-state index contributed by atoms with van der Waals surface area (Å²) in [4.78, 5) is 5.02. The van der Waals surface area contributed by atoms with Crippen molar-refractivity contribution in [1.82, 2.24) is 14.4 Å². The molecule has 1 aromatic carbocycles. The van der Waals surface area contributed by atoms with Gasteiger partial charge < -0.3 is 19.1 Å². The highest BCUT2D eigenvalue weighted by atomic mass is 16.5. The summed E-state index contributed by atoms with van der Waals surface area (Å²) in [5, 5.41) is 1.36. The Morgan fingerprint density at radius 1 is 1.08 bits per heavy atom. The lowest BCUT2D eigenvalue weighted by Gasteiger charge is -2.32. The van der Waals surface area contributed by atoms with Gasteiger partial charge in [-0.05, 0) is 64.0 Å². The molecule has 0 N–H and O–H groups in total. The summed E-state index contributed by atoms with van der Waals surface area (Å²) >= 11 is 0. The van der Waals surface area contributed by atoms with Crippen LogP contribution >= 0.6 is 0 Å². The summed E-state index contributed by atoms with van der Waals surface area (Å²) in [7, 11) is 4.38. The van der Waals surface area contributed by atoms with Crippen LogP contribution in [0.4, 0.5) is 0 Å². The number of benzene rings is 1. The number of hydrogen-bond acceptors (Lipinski definition) is 3. The van der Waals surface area contributed by atoms with Gasteiger partial charge in [-0.2, -0.15) is 0 Å². The quantitative estimate of drug-likeness (QED) is 0.812. The largest absolute Gasteiger partial charge is 0.494 e. The minimum absolute atomic E-state index is 0.718. The molecule has 1 aromatic heterocycles. The van der Waals surface area contributed by atoms with Crippen LogP contribution in [0.15, 0.2) is 18.2 Å². The molecule has 0 spiro atoms. The molecule has 0 unspecified atom stereocenters. The maximum atomic E-state index is 5.71. The number of ether oxygens (including phenoxy) is 1. The van der Waals surface area contributed by atoms with Crippen LogP contribution in [0.25, 0.3) is 10.9 Å². The first-order chi connectivity index (χ1) is 11.6. The normalized spacial score (nSPS) is 16.8. The number of fused-ring (bicyclic) bond motifs is 1. The second-order valence-electron chi connectivity index (χ2n) is 6.98. The third kappa shape index (κ3) is 3.60. The molecule has 0 bridgehead atoms. The van der Waals surface area contributed by atoms with E-state index < -0.39 is 0 Å². The van der Waals surface area contributed by atoms with Crippen molar-refractivity contribution in [3.05, 3.63) is 29.5 Å². The van der Waals surface area contributed by atoms with Crippen molar-refractivity contribution in [3.8, 4) is 5.75 Å². The van der Waals surface area contributed by atoms with E-state index in [0.717, 1.165) is 18.8 Å². The number of piperazine rings is 1. The number of nitrogens with zero attached hydrogens (tertiary/aromatic N) is 3. The van der Waals surface area contributed by atoms with Gasteiger partial charge >= 0.3 is 0 Å². The fourth-order valence-corrected chi connectivity index (χ4v) is 3.75. The fraction of sp³-hybridized carbons (Fsp3) is 0.600. The van der Waals surface area contributed by atoms with E-state index in [1.807, 2.05) is 6.92 Å². The predicted molar refractivity (Wildman–Crippen MR) is 101 cm³/mol. The second-order valence-corrected chi connectivity index (χ2v) is 6.98. The average molecular weight is 329 g/mol. The van der Waals surface area contributed by atoms with E-state index in [-0.39, 0.29) is 0 Å². The number of aryl methyl sites for hydroxylation is 2. The van der Waals surface area contributed by atoms with Gasteiger partial charge in [0, 0.05) is 49.8 Å². The van der Waals surface area contributed by atoms with Crippen LogP contribution in [0, 0.1) is 6.92 Å². The summed E-state index contributed by atoms with van der Waals surface area (Å²) in [5.74, 6) is 0.982. The van der Waals surface area contributed by atoms with Gasteiger partial charge in [-0.25, -0.2) is 0 Å². The standard InChI is InChI=1S/C20H31N3O/c1-5-24-17-8-9-20-19(15-17)18(16(2)22(20)4)7-6-10-23-13-11-21(3)12-14-23/h8-9,15H,5-7,10-14H2,1-4H3. The molecule has 4 nitrogen and oxygen atoms in total. The first-order valence-electron chi connectivity index (χ1n) is 9.21. The van der Waals surface area contributed by atoms with Gasteiger partial charge in [-0.15, -0.1) is 0 Å². The summed E-state index contributed by atoms with van der Waals surface area (Å²) in [5.41, 5.74) is 4.19. The Bertz CT molecular complexity index is 684. The van der Waals surface area contributed by atoms with Gasteiger partial charge in [-0.3, -0.25) is 0 Å². The molecular weight excluding hydrogens is 298 g/mol. The van der Waals surface area contributed by atoms with Gasteiger partial charge in [0.25, 0.3) is 0 Å². The highest BCUT2D eigenvalue weighted by molar-refractivity contribution is 5.86. The Hall–Kier alpha value is -1.52. The lowest BCUT2D eigenvalue weighted by molar-refractivity contribution is 0.153. The lowest BCUT2D eigenvalue weighted by atomic mass is 10.1. The van der Waals surface area contributed by atoms with E-state index in [1.54, 1.807) is 0 Å². The smallest absolute Gasteiger partial charge is 0.120 e. The molecule has 0 atom stereocenters. The van der Waals surface area contributed by atoms with Crippen molar-refractivity contribution in [1.29, 1.82) is 0 Å². The lowest BCUT2D eigenvalue weighted by Crippen LogP contribution is -2.44. The van der Waals surface area contributed by atoms with Crippen molar-refractivity contribution in [3.63, 3.8) is 0 Å². The van der Waals surface area contributed by atoms with Crippen LogP contribution in [0.5, 0.6) is 5.75 Å². The molecule has 0 radical (unpaired) electrons. The Balaban J connectivity index is 1.71. The van der Waals surface area contributed by atoms with Crippen LogP contribution in [0.2, 0.25) is 0 Å². The topological polar surface area (TPSA) is 20.6 Å². The zero-order valence-corrected chi connectivity index (χ0v) is 15.6. The minimum Gasteiger partial charge on any atom is -0.494 e. The first kappa shape index (κ1) is 17.3. The number of hydrogen-bond donors (Lipinski definition) is 0. The van der Waals surface area contributed by atoms with E-state index >= 15 is 0 Å². The van der Waals surface area contributed by atoms with Crippen molar-refractivity contribution in [2.45, 2.75) is 26.7 Å². The van der Waals surface area contributed by atoms with Crippen molar-refractivity contribution in [2.75, 3.05) is 46.4 Å². The van der Waals surface area contributed by atoms with Crippen LogP contribution in [0.1, 0.15) is 24.6 Å². The number of likely N-dealkylation sites (N-methyl/N-ethyl adjacent to an activating group) is 1. The van der Waals surface area contributed by atoms with Crippen molar-refractivity contribution in [2.24, 2.45) is 7.05 Å². The predicted octanol–water partition coefficient (Wildman–Crippen LogP) is 3.07. The molecular formula is C20H31N3O. The second kappa shape index (κ2) is 7.58. The summed E-state index contributed by atoms with van der Waals surface area (Å²) in [6.07, 6.45) is 2.37. The van der Waals surface area contributed by atoms with Gasteiger partial charge in [0.15, 0.2) is 0 Å². The summed E-state index contributed by atoms with van der Waals surface area (Å²) in [6.45, 7) is 11.0. The molecule has 2 aromatic rings. The zero-order chi connectivity index (χ0) is 17.1. The monoisotopic (exact) mass is 329 g/mol. The Labute approximate surface area is 146 Å². The maximum absolute atomic E-state index is 5.71. The first-order valence-corrected chi connectivity index (χ1v) is 9.21. The maximum Gasteiger partial charge on any atom is 0.120 e. The van der Waals surface area contributed by atoms with Crippen LogP contribution < -0.4 is 4.74 Å². The van der Waals surface area contributed by atoms with Crippen LogP contribution in [0.3, 0.4) is 0 Å². The molecule has 1 aliphatic rings. The molecule has 4 heteroatoms. The fourth-order valence-electron chi connectivity index (χ4n) is 3.75. The molecule has 24 heavy (non-hydrogen) atoms. The summed E-state index contributed by atoms with van der Waals surface area (Å²) in [6, 6.07) is 6.49. The molecule has 132 valence electrons. The van der Waals surface area contributed by atoms with E-state index in [1.165, 1.54) is 61.3 Å². The highest BCUT2D eigenvalue weighted by Crippen LogP contribution is 2.29. The van der Waals surface area contributed by atoms with Gasteiger partial charge in [-0.1, -0.05) is 0 Å². The van der Waals surface area contributed by atoms with Crippen molar-refractivity contribution < 1.29 is 4.74 Å². The Kier molecular flexibility index (Phi) is 5.47. The molecule has 0 amide bonds. The van der Waals surface area contributed by atoms with Crippen LogP contribution in [-0.4, -0.2) is 60.7 Å². The Morgan fingerprint density at radius 2 is 1.83 bits per heavy atom. The van der Waals surface area contributed by atoms with Gasteiger partial charge in [0.1, 0.15) is 5.75 Å². The molecule has 2 heterocycles. The van der Waals surface area contributed by atoms with E-state index in [9.17, 15) is 0 Å². The van der Waals surface area contributed by atoms with E-state index in [4.69, 9.17) is 4.74 Å². The molecule has 0 aliphatic carbocycles. The van der Waals surface area contributed by atoms with Gasteiger partial charge in [0.05, 0.1) is 6.61 Å². The number of aromatic nitrogens is 1. The molecule has 1 aliphatic heterocycles. The zero-order valence-electron chi connectivity index (χ0n) is 15.6. The molecule has 1 fully saturated rings. The van der Waals surface area contributed by atoms with Crippen molar-refractivity contribution >= 4 is 10.9 Å². The van der Waals surface area contributed by atoms with Gasteiger partial charge in [0.2, 0.25) is 0 Å². The molecule has 1 saturated heterocycles. The third-order valence-electron chi connectivity index (χ3n) is 5.40.